The quantitative estimate of drug-likeness (QED) is 0.0431. The van der Waals surface area contributed by atoms with E-state index < -0.39 is 35.5 Å². The molecule has 2 aliphatic rings. The van der Waals surface area contributed by atoms with Gasteiger partial charge in [0.05, 0.1) is 47.5 Å². The van der Waals surface area contributed by atoms with Crippen molar-refractivity contribution in [3.63, 3.8) is 0 Å². The van der Waals surface area contributed by atoms with Gasteiger partial charge in [0, 0.05) is 36.2 Å². The highest BCUT2D eigenvalue weighted by Gasteiger charge is 2.51. The average Bonchev–Trinajstić information content (AvgIpc) is 3.63. The third-order valence-electron chi connectivity index (χ3n) is 11.9. The summed E-state index contributed by atoms with van der Waals surface area (Å²) in [7, 11) is 0. The van der Waals surface area contributed by atoms with Gasteiger partial charge >= 0.3 is 5.97 Å². The Bertz CT molecular complexity index is 1120. The van der Waals surface area contributed by atoms with Gasteiger partial charge in [0.15, 0.2) is 5.78 Å². The molecule has 2 heterocycles. The molecule has 0 saturated carbocycles. The maximum absolute atomic E-state index is 12.8. The molecular weight excluding hydrogens is 636 g/mol. The summed E-state index contributed by atoms with van der Waals surface area (Å²) >= 11 is 0. The number of aliphatic hydroxyl groups is 4. The fourth-order valence-electron chi connectivity index (χ4n) is 8.02. The number of ether oxygens (including phenoxy) is 2. The van der Waals surface area contributed by atoms with Crippen LogP contribution in [0.1, 0.15) is 140 Å². The van der Waals surface area contributed by atoms with E-state index in [2.05, 4.69) is 33.8 Å². The van der Waals surface area contributed by atoms with E-state index in [0.717, 1.165) is 38.5 Å². The molecule has 2 fully saturated rings. The van der Waals surface area contributed by atoms with Crippen molar-refractivity contribution >= 4 is 11.8 Å². The fraction of sp³-hybridized carbons (Fsp3) is 0.854. The van der Waals surface area contributed by atoms with Gasteiger partial charge in [0.25, 0.3) is 0 Å². The normalized spacial score (nSPS) is 30.7. The summed E-state index contributed by atoms with van der Waals surface area (Å²) in [5, 5.41) is 51.9. The number of allylic oxidation sites excluding steroid dienone is 3. The van der Waals surface area contributed by atoms with Gasteiger partial charge in [-0.2, -0.15) is 0 Å². The highest BCUT2D eigenvalue weighted by Crippen LogP contribution is 2.45. The lowest BCUT2D eigenvalue weighted by Gasteiger charge is -2.35. The van der Waals surface area contributed by atoms with Crippen LogP contribution in [0.5, 0.6) is 0 Å². The Morgan fingerprint density at radius 2 is 1.46 bits per heavy atom. The molecule has 0 amide bonds. The first-order chi connectivity index (χ1) is 23.2. The molecule has 0 radical (unpaired) electrons. The average molecular weight is 709 g/mol. The molecule has 290 valence electrons. The second-order valence-electron chi connectivity index (χ2n) is 17.1. The van der Waals surface area contributed by atoms with E-state index in [4.69, 9.17) is 14.6 Å². The van der Waals surface area contributed by atoms with Crippen molar-refractivity contribution in [1.82, 2.24) is 0 Å². The molecular formula is C41H72O9. The van der Waals surface area contributed by atoms with Crippen molar-refractivity contribution in [1.29, 1.82) is 0 Å². The van der Waals surface area contributed by atoms with E-state index in [9.17, 15) is 30.0 Å². The van der Waals surface area contributed by atoms with E-state index in [1.54, 1.807) is 6.92 Å². The van der Waals surface area contributed by atoms with Crippen molar-refractivity contribution in [2.45, 2.75) is 182 Å². The highest BCUT2D eigenvalue weighted by atomic mass is 16.6. The summed E-state index contributed by atoms with van der Waals surface area (Å²) < 4.78 is 12.7. The number of ketones is 1. The Balaban J connectivity index is 1.77. The van der Waals surface area contributed by atoms with Crippen LogP contribution in [-0.2, 0) is 19.1 Å². The Morgan fingerprint density at radius 3 is 2.06 bits per heavy atom. The van der Waals surface area contributed by atoms with Gasteiger partial charge in [-0.05, 0) is 103 Å². The minimum Gasteiger partial charge on any atom is -0.512 e. The van der Waals surface area contributed by atoms with Gasteiger partial charge in [0.1, 0.15) is 0 Å². The molecule has 0 aromatic carbocycles. The van der Waals surface area contributed by atoms with Crippen LogP contribution in [0.15, 0.2) is 24.0 Å². The number of carbonyl (C=O) groups is 2. The molecule has 0 spiro atoms. The molecule has 5 N–H and O–H groups in total. The monoisotopic (exact) mass is 709 g/mol. The Labute approximate surface area is 302 Å². The standard InChI is InChI=1S/C41H72O9/c1-25(21-29(5)34(43)24-35(44)30(6)22-27(3)20-26(2)14-15-38(46)47)12-11-13-28(4)39(48)31(7)36(45)23-33-16-18-41(10,49-33)37-17-19-40(9,50-37)32(8)42/h11,13,24-33,36-37,39,42-43,45,48H,12,14-23H2,1-10H3,(H,46,47)/b13-11+,34-24-/t25-,26-,27-,28-,29-,30-,31+,32-,33+,36+,37-,39-,40+,41+/m1/s1. The van der Waals surface area contributed by atoms with Crippen LogP contribution in [0.3, 0.4) is 0 Å². The first-order valence-electron chi connectivity index (χ1n) is 19.4. The summed E-state index contributed by atoms with van der Waals surface area (Å²) in [6, 6.07) is 0. The SMILES string of the molecule is C[C@H](CCC(=O)O)C[C@@H](C)C[C@@H](C)C(=O)/C=C(\O)[C@H](C)C[C@H](C)C/C=C/[C@@H](C)[C@@H](O)[C@@H](C)[C@@H](O)C[C@@H]1CC[C@@](C)([C@H]2CC[C@@](C)([C@@H](C)O)O2)O1. The van der Waals surface area contributed by atoms with E-state index in [1.165, 1.54) is 6.08 Å². The van der Waals surface area contributed by atoms with Crippen molar-refractivity contribution in [3.05, 3.63) is 24.0 Å². The van der Waals surface area contributed by atoms with Crippen LogP contribution in [0.2, 0.25) is 0 Å². The lowest BCUT2D eigenvalue weighted by atomic mass is 9.85. The number of carbonyl (C=O) groups excluding carboxylic acids is 1. The van der Waals surface area contributed by atoms with Crippen molar-refractivity contribution in [2.75, 3.05) is 0 Å². The largest absolute Gasteiger partial charge is 0.512 e. The number of aliphatic carboxylic acids is 1. The summed E-state index contributed by atoms with van der Waals surface area (Å²) in [6.45, 7) is 19.7. The second-order valence-corrected chi connectivity index (χ2v) is 17.1. The zero-order valence-corrected chi connectivity index (χ0v) is 32.8. The predicted molar refractivity (Wildman–Crippen MR) is 198 cm³/mol. The van der Waals surface area contributed by atoms with Crippen molar-refractivity contribution in [3.8, 4) is 0 Å². The van der Waals surface area contributed by atoms with Gasteiger partial charge in [0.2, 0.25) is 0 Å². The zero-order valence-electron chi connectivity index (χ0n) is 32.8. The number of rotatable bonds is 22. The Hall–Kier alpha value is -1.78. The van der Waals surface area contributed by atoms with E-state index >= 15 is 0 Å². The maximum atomic E-state index is 12.8. The van der Waals surface area contributed by atoms with Gasteiger partial charge < -0.3 is 35.0 Å². The third kappa shape index (κ3) is 13.6. The van der Waals surface area contributed by atoms with E-state index in [0.29, 0.717) is 25.7 Å². The Morgan fingerprint density at radius 1 is 0.820 bits per heavy atom. The highest BCUT2D eigenvalue weighted by molar-refractivity contribution is 5.91. The lowest BCUT2D eigenvalue weighted by Crippen LogP contribution is -2.44. The van der Waals surface area contributed by atoms with Crippen LogP contribution in [0.25, 0.3) is 0 Å². The molecule has 0 aliphatic carbocycles. The molecule has 0 aromatic rings. The number of carboxylic acid groups (broad SMARTS) is 1. The maximum Gasteiger partial charge on any atom is 0.303 e. The van der Waals surface area contributed by atoms with Crippen LogP contribution < -0.4 is 0 Å². The van der Waals surface area contributed by atoms with Crippen molar-refractivity contribution < 1.29 is 44.6 Å². The molecule has 9 heteroatoms. The minimum absolute atomic E-state index is 0.0809. The molecule has 2 rings (SSSR count). The molecule has 14 atom stereocenters. The second kappa shape index (κ2) is 19.9. The minimum atomic E-state index is -0.781. The van der Waals surface area contributed by atoms with Crippen LogP contribution >= 0.6 is 0 Å². The molecule has 0 aromatic heterocycles. The smallest absolute Gasteiger partial charge is 0.303 e. The van der Waals surface area contributed by atoms with Gasteiger partial charge in [-0.15, -0.1) is 0 Å². The number of hydrogen-bond donors (Lipinski definition) is 5. The molecule has 50 heavy (non-hydrogen) atoms. The predicted octanol–water partition coefficient (Wildman–Crippen LogP) is 7.80. The molecule has 2 saturated heterocycles. The van der Waals surface area contributed by atoms with Gasteiger partial charge in [-0.1, -0.05) is 60.6 Å². The summed E-state index contributed by atoms with van der Waals surface area (Å²) in [6.07, 6.45) is 10.8. The summed E-state index contributed by atoms with van der Waals surface area (Å²) in [5.74, 6) is -0.810. The van der Waals surface area contributed by atoms with Crippen molar-refractivity contribution in [2.24, 2.45) is 41.4 Å². The third-order valence-corrected chi connectivity index (χ3v) is 11.9. The van der Waals surface area contributed by atoms with Gasteiger partial charge in [-0.25, -0.2) is 0 Å². The number of carboxylic acids is 1. The number of aliphatic hydroxyl groups excluding tert-OH is 4. The van der Waals surface area contributed by atoms with E-state index in [1.807, 2.05) is 40.7 Å². The topological polar surface area (TPSA) is 154 Å². The van der Waals surface area contributed by atoms with Crippen LogP contribution in [-0.4, -0.2) is 79.0 Å². The van der Waals surface area contributed by atoms with Crippen LogP contribution in [0, 0.1) is 41.4 Å². The molecule has 0 bridgehead atoms. The Kier molecular flexibility index (Phi) is 17.7. The van der Waals surface area contributed by atoms with Gasteiger partial charge in [-0.3, -0.25) is 9.59 Å². The zero-order chi connectivity index (χ0) is 38.0. The van der Waals surface area contributed by atoms with E-state index in [-0.39, 0.29) is 71.6 Å². The lowest BCUT2D eigenvalue weighted by molar-refractivity contribution is -0.172. The first-order valence-corrected chi connectivity index (χ1v) is 19.4. The molecule has 9 nitrogen and oxygen atoms in total. The summed E-state index contributed by atoms with van der Waals surface area (Å²) in [4.78, 5) is 23.7. The fourth-order valence-corrected chi connectivity index (χ4v) is 8.02. The molecule has 2 aliphatic heterocycles. The first kappa shape index (κ1) is 44.4. The number of hydrogen-bond acceptors (Lipinski definition) is 8. The summed E-state index contributed by atoms with van der Waals surface area (Å²) in [5.41, 5.74) is -1.01. The molecule has 0 unspecified atom stereocenters. The van der Waals surface area contributed by atoms with Crippen LogP contribution in [0.4, 0.5) is 0 Å².